The third kappa shape index (κ3) is 3.86. The molecular formula is C14H22N2O3. The number of ether oxygens (including phenoxy) is 2. The number of carbonyl (C=O) groups is 1. The maximum absolute atomic E-state index is 11.2. The summed E-state index contributed by atoms with van der Waals surface area (Å²) in [6, 6.07) is 5.75. The maximum Gasteiger partial charge on any atom is 0.233 e. The van der Waals surface area contributed by atoms with E-state index in [9.17, 15) is 4.79 Å². The van der Waals surface area contributed by atoms with Crippen molar-refractivity contribution >= 4 is 5.91 Å². The van der Waals surface area contributed by atoms with E-state index in [-0.39, 0.29) is 17.9 Å². The van der Waals surface area contributed by atoms with Gasteiger partial charge in [0.15, 0.2) is 11.5 Å². The Bertz CT molecular complexity index is 444. The molecule has 1 amide bonds. The normalized spacial score (nSPS) is 11.0. The fourth-order valence-corrected chi connectivity index (χ4v) is 1.75. The molecule has 5 nitrogen and oxygen atoms in total. The maximum atomic E-state index is 11.2. The molecule has 0 aliphatic carbocycles. The summed E-state index contributed by atoms with van der Waals surface area (Å²) in [5.74, 6) is 1.21. The van der Waals surface area contributed by atoms with Gasteiger partial charge in [0.1, 0.15) is 0 Å². The van der Waals surface area contributed by atoms with Crippen LogP contribution in [-0.4, -0.2) is 33.2 Å². The summed E-state index contributed by atoms with van der Waals surface area (Å²) in [4.78, 5) is 11.2. The molecule has 0 aliphatic rings. The summed E-state index contributed by atoms with van der Waals surface area (Å²) in [6.07, 6.45) is 0. The lowest BCUT2D eigenvalue weighted by molar-refractivity contribution is -0.119. The number of hydrogen-bond acceptors (Lipinski definition) is 4. The Labute approximate surface area is 114 Å². The molecule has 0 spiro atoms. The average Bonchev–Trinajstić information content (AvgIpc) is 2.43. The van der Waals surface area contributed by atoms with Gasteiger partial charge in [0.25, 0.3) is 0 Å². The Morgan fingerprint density at radius 1 is 1.26 bits per heavy atom. The topological polar surface area (TPSA) is 73.6 Å². The first-order valence-electron chi connectivity index (χ1n) is 6.14. The lowest BCUT2D eigenvalue weighted by Crippen LogP contribution is -2.39. The lowest BCUT2D eigenvalue weighted by atomic mass is 9.84. The fraction of sp³-hybridized carbons (Fsp3) is 0.500. The van der Waals surface area contributed by atoms with Gasteiger partial charge in [-0.1, -0.05) is 19.9 Å². The van der Waals surface area contributed by atoms with Crippen LogP contribution < -0.4 is 20.5 Å². The molecule has 0 radical (unpaired) electrons. The number of methoxy groups -OCH3 is 2. The fourth-order valence-electron chi connectivity index (χ4n) is 1.75. The van der Waals surface area contributed by atoms with Crippen LogP contribution in [-0.2, 0) is 10.2 Å². The molecule has 5 heteroatoms. The van der Waals surface area contributed by atoms with Gasteiger partial charge in [-0.25, -0.2) is 0 Å². The Morgan fingerprint density at radius 3 is 2.42 bits per heavy atom. The second-order valence-electron chi connectivity index (χ2n) is 4.93. The average molecular weight is 266 g/mol. The SMILES string of the molecule is COc1ccc(C(C)(C)CNC(=O)CN)cc1OC. The van der Waals surface area contributed by atoms with Crippen LogP contribution in [0.1, 0.15) is 19.4 Å². The molecule has 106 valence electrons. The van der Waals surface area contributed by atoms with E-state index in [1.54, 1.807) is 14.2 Å². The third-order valence-corrected chi connectivity index (χ3v) is 3.08. The first kappa shape index (κ1) is 15.3. The van der Waals surface area contributed by atoms with Gasteiger partial charge in [-0.05, 0) is 17.7 Å². The summed E-state index contributed by atoms with van der Waals surface area (Å²) >= 11 is 0. The number of rotatable bonds is 6. The van der Waals surface area contributed by atoms with Crippen molar-refractivity contribution < 1.29 is 14.3 Å². The highest BCUT2D eigenvalue weighted by molar-refractivity contribution is 5.77. The standard InChI is InChI=1S/C14H22N2O3/c1-14(2,9-16-13(17)8-15)10-5-6-11(18-3)12(7-10)19-4/h5-7H,8-9,15H2,1-4H3,(H,16,17). The van der Waals surface area contributed by atoms with E-state index in [1.165, 1.54) is 0 Å². The number of nitrogens with one attached hydrogen (secondary N) is 1. The smallest absolute Gasteiger partial charge is 0.233 e. The molecule has 3 N–H and O–H groups in total. The van der Waals surface area contributed by atoms with Gasteiger partial charge in [0.05, 0.1) is 20.8 Å². The van der Waals surface area contributed by atoms with E-state index in [4.69, 9.17) is 15.2 Å². The van der Waals surface area contributed by atoms with Gasteiger partial charge in [0, 0.05) is 12.0 Å². The number of amides is 1. The molecule has 0 aromatic heterocycles. The van der Waals surface area contributed by atoms with E-state index in [1.807, 2.05) is 32.0 Å². The van der Waals surface area contributed by atoms with Crippen LogP contribution in [0.2, 0.25) is 0 Å². The van der Waals surface area contributed by atoms with Gasteiger partial charge >= 0.3 is 0 Å². The summed E-state index contributed by atoms with van der Waals surface area (Å²) in [5.41, 5.74) is 6.11. The predicted octanol–water partition coefficient (Wildman–Crippen LogP) is 1.06. The van der Waals surface area contributed by atoms with Crippen LogP contribution in [0, 0.1) is 0 Å². The quantitative estimate of drug-likeness (QED) is 0.807. The number of hydrogen-bond donors (Lipinski definition) is 2. The van der Waals surface area contributed by atoms with Crippen molar-refractivity contribution in [2.45, 2.75) is 19.3 Å². The van der Waals surface area contributed by atoms with Crippen molar-refractivity contribution in [3.05, 3.63) is 23.8 Å². The van der Waals surface area contributed by atoms with Crippen molar-refractivity contribution in [1.29, 1.82) is 0 Å². The highest BCUT2D eigenvalue weighted by Crippen LogP contribution is 2.32. The highest BCUT2D eigenvalue weighted by atomic mass is 16.5. The monoisotopic (exact) mass is 266 g/mol. The summed E-state index contributed by atoms with van der Waals surface area (Å²) in [6.45, 7) is 4.61. The Balaban J connectivity index is 2.91. The zero-order valence-electron chi connectivity index (χ0n) is 11.9. The summed E-state index contributed by atoms with van der Waals surface area (Å²) in [7, 11) is 3.20. The third-order valence-electron chi connectivity index (χ3n) is 3.08. The second-order valence-corrected chi connectivity index (χ2v) is 4.93. The van der Waals surface area contributed by atoms with Gasteiger partial charge in [-0.2, -0.15) is 0 Å². The minimum absolute atomic E-state index is 0.00200. The van der Waals surface area contributed by atoms with E-state index >= 15 is 0 Å². The molecule has 1 rings (SSSR count). The molecule has 0 saturated heterocycles. The van der Waals surface area contributed by atoms with Crippen molar-refractivity contribution in [1.82, 2.24) is 5.32 Å². The zero-order chi connectivity index (χ0) is 14.5. The first-order valence-corrected chi connectivity index (χ1v) is 6.14. The first-order chi connectivity index (χ1) is 8.94. The zero-order valence-corrected chi connectivity index (χ0v) is 11.9. The second kappa shape index (κ2) is 6.43. The minimum Gasteiger partial charge on any atom is -0.493 e. The van der Waals surface area contributed by atoms with Gasteiger partial charge in [-0.3, -0.25) is 4.79 Å². The van der Waals surface area contributed by atoms with Crippen LogP contribution in [0.25, 0.3) is 0 Å². The van der Waals surface area contributed by atoms with Crippen LogP contribution in [0.3, 0.4) is 0 Å². The molecule has 0 saturated carbocycles. The molecule has 1 aromatic rings. The van der Waals surface area contributed by atoms with Crippen molar-refractivity contribution in [2.75, 3.05) is 27.3 Å². The number of carbonyl (C=O) groups excluding carboxylic acids is 1. The molecule has 0 fully saturated rings. The van der Waals surface area contributed by atoms with Crippen molar-refractivity contribution in [3.8, 4) is 11.5 Å². The molecule has 19 heavy (non-hydrogen) atoms. The summed E-state index contributed by atoms with van der Waals surface area (Å²) in [5, 5.41) is 2.80. The van der Waals surface area contributed by atoms with Gasteiger partial charge in [-0.15, -0.1) is 0 Å². The molecule has 0 heterocycles. The lowest BCUT2D eigenvalue weighted by Gasteiger charge is -2.26. The Hall–Kier alpha value is -1.75. The van der Waals surface area contributed by atoms with E-state index in [0.29, 0.717) is 18.0 Å². The van der Waals surface area contributed by atoms with Gasteiger partial charge < -0.3 is 20.5 Å². The minimum atomic E-state index is -0.218. The largest absolute Gasteiger partial charge is 0.493 e. The van der Waals surface area contributed by atoms with Crippen LogP contribution >= 0.6 is 0 Å². The molecule has 0 aliphatic heterocycles. The van der Waals surface area contributed by atoms with E-state index < -0.39 is 0 Å². The van der Waals surface area contributed by atoms with Crippen LogP contribution in [0.5, 0.6) is 11.5 Å². The number of benzene rings is 1. The van der Waals surface area contributed by atoms with E-state index in [2.05, 4.69) is 5.32 Å². The van der Waals surface area contributed by atoms with Crippen LogP contribution in [0.4, 0.5) is 0 Å². The molecular weight excluding hydrogens is 244 g/mol. The molecule has 0 unspecified atom stereocenters. The molecule has 1 aromatic carbocycles. The highest BCUT2D eigenvalue weighted by Gasteiger charge is 2.22. The number of nitrogens with two attached hydrogens (primary N) is 1. The Morgan fingerprint density at radius 2 is 1.89 bits per heavy atom. The predicted molar refractivity (Wildman–Crippen MR) is 74.6 cm³/mol. The van der Waals surface area contributed by atoms with Gasteiger partial charge in [0.2, 0.25) is 5.91 Å². The summed E-state index contributed by atoms with van der Waals surface area (Å²) < 4.78 is 10.5. The van der Waals surface area contributed by atoms with Crippen molar-refractivity contribution in [3.63, 3.8) is 0 Å². The molecule has 0 bridgehead atoms. The molecule has 0 atom stereocenters. The van der Waals surface area contributed by atoms with Crippen LogP contribution in [0.15, 0.2) is 18.2 Å². The Kier molecular flexibility index (Phi) is 5.18. The van der Waals surface area contributed by atoms with Crippen molar-refractivity contribution in [2.24, 2.45) is 5.73 Å². The van der Waals surface area contributed by atoms with E-state index in [0.717, 1.165) is 5.56 Å².